The predicted octanol–water partition coefficient (Wildman–Crippen LogP) is 21.2. The number of anilines is 6. The minimum absolute atomic E-state index is 1.10. The molecule has 2 heteroatoms. The maximum Gasteiger partial charge on any atom is 0.0468 e. The average molecular weight is 965 g/mol. The first kappa shape index (κ1) is 43.6. The van der Waals surface area contributed by atoms with Crippen molar-refractivity contribution in [3.8, 4) is 22.3 Å². The number of hydrogen-bond donors (Lipinski definition) is 0. The molecule has 0 fully saturated rings. The highest BCUT2D eigenvalue weighted by Crippen LogP contribution is 2.51. The van der Waals surface area contributed by atoms with E-state index in [1.54, 1.807) is 0 Å². The van der Waals surface area contributed by atoms with Crippen molar-refractivity contribution in [2.75, 3.05) is 9.80 Å². The Bertz CT molecular complexity index is 4470. The molecular weight excluding hydrogens is 917 g/mol. The largest absolute Gasteiger partial charge is 0.310 e. The van der Waals surface area contributed by atoms with Crippen LogP contribution in [-0.2, 0) is 0 Å². The summed E-state index contributed by atoms with van der Waals surface area (Å²) in [6, 6.07) is 108. The van der Waals surface area contributed by atoms with E-state index < -0.39 is 0 Å². The Hall–Kier alpha value is -10.0. The van der Waals surface area contributed by atoms with Gasteiger partial charge in [-0.2, -0.15) is 0 Å². The lowest BCUT2D eigenvalue weighted by molar-refractivity contribution is 1.29. The van der Waals surface area contributed by atoms with Crippen molar-refractivity contribution in [1.29, 1.82) is 0 Å². The summed E-state index contributed by atoms with van der Waals surface area (Å²) >= 11 is 0. The molecule has 0 N–H and O–H groups in total. The Morgan fingerprint density at radius 1 is 0.171 bits per heavy atom. The zero-order chi connectivity index (χ0) is 50.1. The first-order valence-corrected chi connectivity index (χ1v) is 26.2. The monoisotopic (exact) mass is 964 g/mol. The van der Waals surface area contributed by atoms with Crippen LogP contribution in [0, 0.1) is 0 Å². The van der Waals surface area contributed by atoms with Gasteiger partial charge in [0.25, 0.3) is 0 Å². The molecule has 0 aromatic heterocycles. The Kier molecular flexibility index (Phi) is 10.2. The Balaban J connectivity index is 1.02. The van der Waals surface area contributed by atoms with E-state index in [2.05, 4.69) is 301 Å². The topological polar surface area (TPSA) is 6.48 Å². The average Bonchev–Trinajstić information content (AvgIpc) is 3.62. The molecule has 0 spiro atoms. The number of nitrogens with zero attached hydrogens (tertiary/aromatic N) is 2. The number of para-hydroxylation sites is 2. The summed E-state index contributed by atoms with van der Waals surface area (Å²) in [5.74, 6) is 0. The highest BCUT2D eigenvalue weighted by Gasteiger charge is 2.23. The molecule has 354 valence electrons. The number of hydrogen-bond acceptors (Lipinski definition) is 2. The summed E-state index contributed by atoms with van der Waals surface area (Å²) < 4.78 is 0. The molecular formula is C74H48N2. The maximum atomic E-state index is 2.41. The van der Waals surface area contributed by atoms with Gasteiger partial charge in [-0.3, -0.25) is 0 Å². The van der Waals surface area contributed by atoms with Crippen molar-refractivity contribution in [3.63, 3.8) is 0 Å². The Morgan fingerprint density at radius 2 is 0.447 bits per heavy atom. The SMILES string of the molecule is c1ccc(N(c2ccc3ccccc3c2)c2ccc3c(ccc4c(-c5ccc6ccccc6c5)c5c(ccc6cc(N(c7ccccc7)c7ccc8ccccc8c7)ccc65)c(-c5ccc6ccccc6c5)c43)c2)cc1. The van der Waals surface area contributed by atoms with Gasteiger partial charge in [-0.25, -0.2) is 0 Å². The zero-order valence-electron chi connectivity index (χ0n) is 41.6. The quantitative estimate of drug-likeness (QED) is 0.111. The minimum atomic E-state index is 1.10. The van der Waals surface area contributed by atoms with Crippen LogP contribution >= 0.6 is 0 Å². The second-order valence-corrected chi connectivity index (χ2v) is 20.1. The minimum Gasteiger partial charge on any atom is -0.310 e. The van der Waals surface area contributed by atoms with E-state index >= 15 is 0 Å². The van der Waals surface area contributed by atoms with Crippen LogP contribution in [0.1, 0.15) is 0 Å². The van der Waals surface area contributed by atoms with Gasteiger partial charge in [0.2, 0.25) is 0 Å². The third-order valence-electron chi connectivity index (χ3n) is 15.6. The Morgan fingerprint density at radius 3 is 0.829 bits per heavy atom. The van der Waals surface area contributed by atoms with Crippen LogP contribution in [0.4, 0.5) is 34.1 Å². The van der Waals surface area contributed by atoms with Gasteiger partial charge in [-0.05, 0) is 193 Å². The molecule has 0 saturated carbocycles. The standard InChI is InChI=1S/C74H48N2/c1-3-23-61(24-4-1)75(63-35-31-51-17-9-13-21-55(51)45-63)65-37-41-67-57(47-65)33-39-69-72(60-30-28-50-16-8-12-20-54(50)44-60)74-68-42-38-66(76(62-25-5-2-6-26-62)64-36-32-52-18-10-14-22-56(52)46-64)48-58(68)34-40-70(74)71(73(67)69)59-29-27-49-15-7-11-19-53(49)43-59/h1-48H. The fourth-order valence-electron chi connectivity index (χ4n) is 12.1. The molecule has 2 nitrogen and oxygen atoms in total. The van der Waals surface area contributed by atoms with Crippen molar-refractivity contribution in [3.05, 3.63) is 291 Å². The molecule has 0 amide bonds. The van der Waals surface area contributed by atoms with Gasteiger partial charge in [0.05, 0.1) is 0 Å². The van der Waals surface area contributed by atoms with Gasteiger partial charge in [-0.15, -0.1) is 0 Å². The highest BCUT2D eigenvalue weighted by atomic mass is 15.1. The van der Waals surface area contributed by atoms with E-state index in [1.165, 1.54) is 108 Å². The van der Waals surface area contributed by atoms with E-state index in [1.807, 2.05) is 0 Å². The first-order chi connectivity index (χ1) is 37.7. The molecule has 0 bridgehead atoms. The lowest BCUT2D eigenvalue weighted by Gasteiger charge is -2.27. The van der Waals surface area contributed by atoms with Crippen LogP contribution in [0.25, 0.3) is 108 Å². The lowest BCUT2D eigenvalue weighted by atomic mass is 9.81. The zero-order valence-corrected chi connectivity index (χ0v) is 41.6. The molecule has 0 aliphatic rings. The summed E-state index contributed by atoms with van der Waals surface area (Å²) in [5.41, 5.74) is 11.5. The third kappa shape index (κ3) is 7.34. The summed E-state index contributed by atoms with van der Waals surface area (Å²) in [5, 5.41) is 19.5. The van der Waals surface area contributed by atoms with E-state index in [0.29, 0.717) is 0 Å². The normalized spacial score (nSPS) is 11.7. The number of rotatable bonds is 8. The van der Waals surface area contributed by atoms with Gasteiger partial charge in [-0.1, -0.05) is 206 Å². The molecule has 15 aromatic carbocycles. The molecule has 0 aliphatic heterocycles. The summed E-state index contributed by atoms with van der Waals surface area (Å²) in [7, 11) is 0. The summed E-state index contributed by atoms with van der Waals surface area (Å²) in [6.45, 7) is 0. The van der Waals surface area contributed by atoms with Crippen LogP contribution in [-0.4, -0.2) is 0 Å². The first-order valence-electron chi connectivity index (χ1n) is 26.2. The summed E-state index contributed by atoms with van der Waals surface area (Å²) in [6.07, 6.45) is 0. The van der Waals surface area contributed by atoms with Crippen LogP contribution in [0.2, 0.25) is 0 Å². The molecule has 0 unspecified atom stereocenters. The maximum absolute atomic E-state index is 2.41. The molecule has 15 aromatic rings. The molecule has 76 heavy (non-hydrogen) atoms. The molecule has 0 radical (unpaired) electrons. The second-order valence-electron chi connectivity index (χ2n) is 20.1. The fourth-order valence-corrected chi connectivity index (χ4v) is 12.1. The smallest absolute Gasteiger partial charge is 0.0468 e. The van der Waals surface area contributed by atoms with Gasteiger partial charge in [0.1, 0.15) is 0 Å². The highest BCUT2D eigenvalue weighted by molar-refractivity contribution is 6.32. The molecule has 0 aliphatic carbocycles. The van der Waals surface area contributed by atoms with Crippen molar-refractivity contribution in [1.82, 2.24) is 0 Å². The molecule has 0 saturated heterocycles. The van der Waals surface area contributed by atoms with Crippen molar-refractivity contribution in [2.24, 2.45) is 0 Å². The third-order valence-corrected chi connectivity index (χ3v) is 15.6. The fraction of sp³-hybridized carbons (Fsp3) is 0. The van der Waals surface area contributed by atoms with Crippen LogP contribution < -0.4 is 9.80 Å². The summed E-state index contributed by atoms with van der Waals surface area (Å²) in [4.78, 5) is 4.78. The van der Waals surface area contributed by atoms with Gasteiger partial charge in [0, 0.05) is 34.1 Å². The van der Waals surface area contributed by atoms with E-state index in [-0.39, 0.29) is 0 Å². The van der Waals surface area contributed by atoms with Crippen LogP contribution in [0.5, 0.6) is 0 Å². The van der Waals surface area contributed by atoms with Crippen molar-refractivity contribution in [2.45, 2.75) is 0 Å². The lowest BCUT2D eigenvalue weighted by Crippen LogP contribution is -2.09. The van der Waals surface area contributed by atoms with Crippen LogP contribution in [0.15, 0.2) is 291 Å². The van der Waals surface area contributed by atoms with E-state index in [9.17, 15) is 0 Å². The van der Waals surface area contributed by atoms with Crippen molar-refractivity contribution < 1.29 is 0 Å². The molecule has 0 heterocycles. The van der Waals surface area contributed by atoms with E-state index in [0.717, 1.165) is 34.1 Å². The van der Waals surface area contributed by atoms with Gasteiger partial charge >= 0.3 is 0 Å². The number of fused-ring (bicyclic) bond motifs is 10. The van der Waals surface area contributed by atoms with Crippen molar-refractivity contribution >= 4 is 120 Å². The second kappa shape index (κ2) is 17.9. The Labute approximate surface area is 441 Å². The van der Waals surface area contributed by atoms with Gasteiger partial charge in [0.15, 0.2) is 0 Å². The van der Waals surface area contributed by atoms with Crippen LogP contribution in [0.3, 0.4) is 0 Å². The molecule has 0 atom stereocenters. The van der Waals surface area contributed by atoms with E-state index in [4.69, 9.17) is 0 Å². The predicted molar refractivity (Wildman–Crippen MR) is 327 cm³/mol. The molecule has 15 rings (SSSR count). The number of benzene rings is 15. The van der Waals surface area contributed by atoms with Gasteiger partial charge < -0.3 is 9.80 Å².